The van der Waals surface area contributed by atoms with Crippen LogP contribution in [0.2, 0.25) is 0 Å². The number of halogens is 1. The fourth-order valence-electron chi connectivity index (χ4n) is 3.52. The Labute approximate surface area is 197 Å². The number of aliphatic imine (C=N–C) groups is 1. The molecule has 1 fully saturated rings. The summed E-state index contributed by atoms with van der Waals surface area (Å²) < 4.78 is 1.92. The number of pyridine rings is 1. The Bertz CT molecular complexity index is 840. The highest BCUT2D eigenvalue weighted by Gasteiger charge is 2.15. The van der Waals surface area contributed by atoms with Crippen LogP contribution in [-0.4, -0.2) is 65.4 Å². The van der Waals surface area contributed by atoms with Gasteiger partial charge in [0.05, 0.1) is 12.2 Å². The first-order chi connectivity index (χ1) is 14.0. The molecule has 2 N–H and O–H groups in total. The Morgan fingerprint density at radius 2 is 1.87 bits per heavy atom. The van der Waals surface area contributed by atoms with Crippen molar-refractivity contribution in [1.82, 2.24) is 30.3 Å². The number of aromatic nitrogens is 3. The number of hydrogen-bond donors (Lipinski definition) is 2. The highest BCUT2D eigenvalue weighted by atomic mass is 127. The molecule has 0 aromatic carbocycles. The predicted molar refractivity (Wildman–Crippen MR) is 134 cm³/mol. The average Bonchev–Trinajstić information content (AvgIpc) is 2.96. The van der Waals surface area contributed by atoms with Gasteiger partial charge in [0.15, 0.2) is 5.96 Å². The molecule has 8 nitrogen and oxygen atoms in total. The van der Waals surface area contributed by atoms with E-state index in [0.29, 0.717) is 13.1 Å². The SMILES string of the molecule is CCNC(=NCc1ccnc(N2CCN(C)CC2)c1)NCc1c(C)nn(C)c1C.I. The normalized spacial score (nSPS) is 15.1. The Balaban J connectivity index is 0.00000320. The van der Waals surface area contributed by atoms with E-state index in [2.05, 4.69) is 57.5 Å². The predicted octanol–water partition coefficient (Wildman–Crippen LogP) is 2.06. The van der Waals surface area contributed by atoms with E-state index in [1.807, 2.05) is 30.9 Å². The molecule has 0 aliphatic carbocycles. The van der Waals surface area contributed by atoms with Gasteiger partial charge in [0.2, 0.25) is 0 Å². The van der Waals surface area contributed by atoms with E-state index < -0.39 is 0 Å². The minimum absolute atomic E-state index is 0. The fourth-order valence-corrected chi connectivity index (χ4v) is 3.52. The molecule has 0 spiro atoms. The molecule has 30 heavy (non-hydrogen) atoms. The molecule has 0 bridgehead atoms. The van der Waals surface area contributed by atoms with Crippen molar-refractivity contribution in [3.63, 3.8) is 0 Å². The molecule has 3 rings (SSSR count). The summed E-state index contributed by atoms with van der Waals surface area (Å²) in [5.41, 5.74) is 4.62. The minimum Gasteiger partial charge on any atom is -0.357 e. The van der Waals surface area contributed by atoms with E-state index in [4.69, 9.17) is 4.99 Å². The number of guanidine groups is 1. The van der Waals surface area contributed by atoms with Gasteiger partial charge in [-0.05, 0) is 45.5 Å². The second-order valence-corrected chi connectivity index (χ2v) is 7.63. The number of rotatable bonds is 6. The maximum absolute atomic E-state index is 4.78. The van der Waals surface area contributed by atoms with Gasteiger partial charge in [-0.25, -0.2) is 9.98 Å². The number of nitrogens with zero attached hydrogens (tertiary/aromatic N) is 6. The largest absolute Gasteiger partial charge is 0.357 e. The molecule has 0 radical (unpaired) electrons. The highest BCUT2D eigenvalue weighted by Crippen LogP contribution is 2.15. The number of hydrogen-bond acceptors (Lipinski definition) is 5. The molecule has 0 atom stereocenters. The third kappa shape index (κ3) is 6.31. The molecule has 2 aromatic heterocycles. The van der Waals surface area contributed by atoms with Crippen LogP contribution in [0.1, 0.15) is 29.4 Å². The first-order valence-electron chi connectivity index (χ1n) is 10.4. The zero-order chi connectivity index (χ0) is 20.8. The van der Waals surface area contributed by atoms with E-state index in [0.717, 1.165) is 50.2 Å². The van der Waals surface area contributed by atoms with Crippen LogP contribution in [0.4, 0.5) is 5.82 Å². The number of nitrogens with one attached hydrogen (secondary N) is 2. The van der Waals surface area contributed by atoms with Gasteiger partial charge in [-0.1, -0.05) is 0 Å². The van der Waals surface area contributed by atoms with Gasteiger partial charge in [-0.15, -0.1) is 24.0 Å². The number of likely N-dealkylation sites (N-methyl/N-ethyl adjacent to an activating group) is 1. The molecule has 0 amide bonds. The van der Waals surface area contributed by atoms with Crippen molar-refractivity contribution in [2.24, 2.45) is 12.0 Å². The summed E-state index contributed by atoms with van der Waals surface area (Å²) in [6.45, 7) is 12.5. The Morgan fingerprint density at radius 1 is 1.13 bits per heavy atom. The smallest absolute Gasteiger partial charge is 0.191 e. The van der Waals surface area contributed by atoms with Crippen LogP contribution in [0.15, 0.2) is 23.3 Å². The Kier molecular flexibility index (Phi) is 9.35. The zero-order valence-electron chi connectivity index (χ0n) is 18.8. The van der Waals surface area contributed by atoms with Crippen molar-refractivity contribution in [3.8, 4) is 0 Å². The van der Waals surface area contributed by atoms with Crippen LogP contribution in [0.3, 0.4) is 0 Å². The molecule has 9 heteroatoms. The summed E-state index contributed by atoms with van der Waals surface area (Å²) in [5, 5.41) is 11.3. The minimum atomic E-state index is 0. The van der Waals surface area contributed by atoms with E-state index in [1.165, 1.54) is 16.8 Å². The van der Waals surface area contributed by atoms with E-state index in [1.54, 1.807) is 0 Å². The molecule has 3 heterocycles. The quantitative estimate of drug-likeness (QED) is 0.341. The summed E-state index contributed by atoms with van der Waals surface area (Å²) >= 11 is 0. The van der Waals surface area contributed by atoms with Crippen LogP contribution in [0.25, 0.3) is 0 Å². The third-order valence-electron chi connectivity index (χ3n) is 5.49. The molecular formula is C21H35IN8. The van der Waals surface area contributed by atoms with Gasteiger partial charge in [-0.3, -0.25) is 4.68 Å². The zero-order valence-corrected chi connectivity index (χ0v) is 21.1. The van der Waals surface area contributed by atoms with Crippen LogP contribution in [-0.2, 0) is 20.1 Å². The molecule has 166 valence electrons. The first-order valence-corrected chi connectivity index (χ1v) is 10.4. The molecule has 1 aliphatic heterocycles. The molecule has 0 unspecified atom stereocenters. The van der Waals surface area contributed by atoms with Crippen molar-refractivity contribution < 1.29 is 0 Å². The fraction of sp³-hybridized carbons (Fsp3) is 0.571. The second-order valence-electron chi connectivity index (χ2n) is 7.63. The number of anilines is 1. The lowest BCUT2D eigenvalue weighted by molar-refractivity contribution is 0.312. The van der Waals surface area contributed by atoms with Crippen molar-refractivity contribution in [2.45, 2.75) is 33.9 Å². The summed E-state index contributed by atoms with van der Waals surface area (Å²) in [7, 11) is 4.15. The van der Waals surface area contributed by atoms with Gasteiger partial charge in [0, 0.05) is 63.8 Å². The van der Waals surface area contributed by atoms with E-state index in [9.17, 15) is 0 Å². The average molecular weight is 526 g/mol. The lowest BCUT2D eigenvalue weighted by atomic mass is 10.2. The summed E-state index contributed by atoms with van der Waals surface area (Å²) in [4.78, 5) is 14.0. The first kappa shape index (κ1) is 24.4. The molecule has 1 aliphatic rings. The van der Waals surface area contributed by atoms with Gasteiger partial charge < -0.3 is 20.4 Å². The van der Waals surface area contributed by atoms with Crippen molar-refractivity contribution in [2.75, 3.05) is 44.7 Å². The van der Waals surface area contributed by atoms with Crippen molar-refractivity contribution >= 4 is 35.8 Å². The summed E-state index contributed by atoms with van der Waals surface area (Å²) in [6, 6.07) is 4.20. The maximum atomic E-state index is 4.78. The lowest BCUT2D eigenvalue weighted by Gasteiger charge is -2.33. The van der Waals surface area contributed by atoms with Crippen molar-refractivity contribution in [1.29, 1.82) is 0 Å². The lowest BCUT2D eigenvalue weighted by Crippen LogP contribution is -2.44. The van der Waals surface area contributed by atoms with Crippen LogP contribution in [0, 0.1) is 13.8 Å². The van der Waals surface area contributed by atoms with Gasteiger partial charge in [0.1, 0.15) is 5.82 Å². The second kappa shape index (κ2) is 11.5. The molecule has 0 saturated carbocycles. The monoisotopic (exact) mass is 526 g/mol. The Morgan fingerprint density at radius 3 is 2.50 bits per heavy atom. The van der Waals surface area contributed by atoms with Crippen LogP contribution < -0.4 is 15.5 Å². The van der Waals surface area contributed by atoms with E-state index >= 15 is 0 Å². The highest BCUT2D eigenvalue weighted by molar-refractivity contribution is 14.0. The van der Waals surface area contributed by atoms with Gasteiger partial charge in [-0.2, -0.15) is 5.10 Å². The number of piperazine rings is 1. The third-order valence-corrected chi connectivity index (χ3v) is 5.49. The van der Waals surface area contributed by atoms with Gasteiger partial charge >= 0.3 is 0 Å². The maximum Gasteiger partial charge on any atom is 0.191 e. The molecule has 2 aromatic rings. The van der Waals surface area contributed by atoms with Gasteiger partial charge in [0.25, 0.3) is 0 Å². The number of aryl methyl sites for hydroxylation is 2. The molecular weight excluding hydrogens is 491 g/mol. The topological polar surface area (TPSA) is 73.6 Å². The Hall–Kier alpha value is -1.88. The van der Waals surface area contributed by atoms with Crippen LogP contribution in [0.5, 0.6) is 0 Å². The summed E-state index contributed by atoms with van der Waals surface area (Å²) in [6.07, 6.45) is 1.89. The summed E-state index contributed by atoms with van der Waals surface area (Å²) in [5.74, 6) is 1.86. The van der Waals surface area contributed by atoms with Crippen molar-refractivity contribution in [3.05, 3.63) is 40.8 Å². The molecule has 1 saturated heterocycles. The standard InChI is InChI=1S/C21H34N8.HI/c1-6-22-21(25-15-19-16(2)26-28(5)17(19)3)24-14-18-7-8-23-20(13-18)29-11-9-27(4)10-12-29;/h7-8,13H,6,9-12,14-15H2,1-5H3,(H2,22,24,25);1H. The van der Waals surface area contributed by atoms with E-state index in [-0.39, 0.29) is 24.0 Å². The van der Waals surface area contributed by atoms with Crippen LogP contribution >= 0.6 is 24.0 Å².